The van der Waals surface area contributed by atoms with Crippen LogP contribution in [0, 0.1) is 23.2 Å². The van der Waals surface area contributed by atoms with Crippen LogP contribution in [0.2, 0.25) is 0 Å². The van der Waals surface area contributed by atoms with Gasteiger partial charge in [0.05, 0.1) is 12.0 Å². The lowest BCUT2D eigenvalue weighted by Crippen LogP contribution is -2.53. The molecule has 0 spiro atoms. The first-order valence-electron chi connectivity index (χ1n) is 8.02. The molecule has 3 nitrogen and oxygen atoms in total. The predicted octanol–water partition coefficient (Wildman–Crippen LogP) is 2.96. The van der Waals surface area contributed by atoms with Gasteiger partial charge in [0.2, 0.25) is 5.91 Å². The number of nitrogens with one attached hydrogen (secondary N) is 1. The lowest BCUT2D eigenvalue weighted by molar-refractivity contribution is -0.146. The molecule has 4 rings (SSSR count). The molecule has 4 heteroatoms. The molecule has 0 aromatic rings. The highest BCUT2D eigenvalue weighted by Crippen LogP contribution is 2.60. The standard InChI is InChI=1S/C16H26ClNO2/c1-20-10-14(17)2-3-18-15(19)16-7-11-4-12(8-16)6-13(5-11)9-16/h11-14H,2-10H2,1H3,(H,18,19). The zero-order valence-electron chi connectivity index (χ0n) is 12.4. The van der Waals surface area contributed by atoms with Gasteiger partial charge in [0.1, 0.15) is 0 Å². The lowest BCUT2D eigenvalue weighted by atomic mass is 9.49. The lowest BCUT2D eigenvalue weighted by Gasteiger charge is -2.55. The topological polar surface area (TPSA) is 38.3 Å². The Kier molecular flexibility index (Phi) is 4.28. The molecule has 0 radical (unpaired) electrons. The van der Waals surface area contributed by atoms with Crippen LogP contribution < -0.4 is 5.32 Å². The minimum absolute atomic E-state index is 0.00309. The number of amides is 1. The molecule has 1 atom stereocenters. The van der Waals surface area contributed by atoms with Gasteiger partial charge in [-0.15, -0.1) is 11.6 Å². The Labute approximate surface area is 126 Å². The second-order valence-corrected chi connectivity index (χ2v) is 7.91. The monoisotopic (exact) mass is 299 g/mol. The zero-order chi connectivity index (χ0) is 14.2. The third-order valence-electron chi connectivity index (χ3n) is 5.61. The molecule has 0 saturated heterocycles. The minimum atomic E-state index is -0.0299. The summed E-state index contributed by atoms with van der Waals surface area (Å²) in [6.45, 7) is 1.23. The molecule has 0 aromatic heterocycles. The molecule has 4 fully saturated rings. The molecule has 20 heavy (non-hydrogen) atoms. The van der Waals surface area contributed by atoms with E-state index in [-0.39, 0.29) is 10.8 Å². The number of alkyl halides is 1. The largest absolute Gasteiger partial charge is 0.383 e. The number of halogens is 1. The minimum Gasteiger partial charge on any atom is -0.383 e. The van der Waals surface area contributed by atoms with Crippen molar-refractivity contribution in [1.29, 1.82) is 0 Å². The third kappa shape index (κ3) is 2.85. The van der Waals surface area contributed by atoms with Gasteiger partial charge in [-0.1, -0.05) is 0 Å². The molecule has 0 aliphatic heterocycles. The summed E-state index contributed by atoms with van der Waals surface area (Å²) >= 11 is 6.11. The molecule has 1 N–H and O–H groups in total. The maximum Gasteiger partial charge on any atom is 0.226 e. The fraction of sp³-hybridized carbons (Fsp3) is 0.938. The Hall–Kier alpha value is -0.280. The van der Waals surface area contributed by atoms with Crippen molar-refractivity contribution in [1.82, 2.24) is 5.32 Å². The maximum absolute atomic E-state index is 12.7. The first-order chi connectivity index (χ1) is 9.61. The molecular formula is C16H26ClNO2. The van der Waals surface area contributed by atoms with Gasteiger partial charge < -0.3 is 10.1 Å². The Bertz CT molecular complexity index is 336. The summed E-state index contributed by atoms with van der Waals surface area (Å²) in [4.78, 5) is 12.7. The van der Waals surface area contributed by atoms with E-state index in [4.69, 9.17) is 16.3 Å². The summed E-state index contributed by atoms with van der Waals surface area (Å²) < 4.78 is 5.02. The third-order valence-corrected chi connectivity index (χ3v) is 5.95. The van der Waals surface area contributed by atoms with Crippen LogP contribution in [-0.4, -0.2) is 31.5 Å². The highest BCUT2D eigenvalue weighted by Gasteiger charge is 2.54. The van der Waals surface area contributed by atoms with E-state index in [0.717, 1.165) is 43.4 Å². The first-order valence-corrected chi connectivity index (χ1v) is 8.46. The van der Waals surface area contributed by atoms with Crippen LogP contribution in [0.5, 0.6) is 0 Å². The van der Waals surface area contributed by atoms with Crippen LogP contribution in [0.25, 0.3) is 0 Å². The summed E-state index contributed by atoms with van der Waals surface area (Å²) in [5, 5.41) is 3.15. The molecule has 0 aromatic carbocycles. The summed E-state index contributed by atoms with van der Waals surface area (Å²) in [5.41, 5.74) is -0.0299. The van der Waals surface area contributed by atoms with E-state index in [9.17, 15) is 4.79 Å². The number of methoxy groups -OCH3 is 1. The summed E-state index contributed by atoms with van der Waals surface area (Å²) in [6.07, 6.45) is 8.32. The van der Waals surface area contributed by atoms with Crippen LogP contribution in [0.1, 0.15) is 44.9 Å². The summed E-state index contributed by atoms with van der Waals surface area (Å²) in [6, 6.07) is 0. The van der Waals surface area contributed by atoms with Crippen molar-refractivity contribution in [3.05, 3.63) is 0 Å². The van der Waals surface area contributed by atoms with Crippen LogP contribution in [0.4, 0.5) is 0 Å². The van der Waals surface area contributed by atoms with Crippen molar-refractivity contribution in [3.63, 3.8) is 0 Å². The maximum atomic E-state index is 12.7. The quantitative estimate of drug-likeness (QED) is 0.766. The Morgan fingerprint density at radius 1 is 1.25 bits per heavy atom. The van der Waals surface area contributed by atoms with Gasteiger partial charge in [-0.05, 0) is 62.7 Å². The molecule has 4 aliphatic carbocycles. The molecule has 4 bridgehead atoms. The highest BCUT2D eigenvalue weighted by molar-refractivity contribution is 6.20. The molecule has 1 unspecified atom stereocenters. The SMILES string of the molecule is COCC(Cl)CCNC(=O)C12CC3CC(CC(C3)C1)C2. The van der Waals surface area contributed by atoms with E-state index in [0.29, 0.717) is 19.1 Å². The van der Waals surface area contributed by atoms with Crippen molar-refractivity contribution in [2.45, 2.75) is 50.3 Å². The van der Waals surface area contributed by atoms with Gasteiger partial charge in [-0.25, -0.2) is 0 Å². The Morgan fingerprint density at radius 2 is 1.80 bits per heavy atom. The fourth-order valence-electron chi connectivity index (χ4n) is 5.18. The van der Waals surface area contributed by atoms with Gasteiger partial charge in [0.25, 0.3) is 0 Å². The van der Waals surface area contributed by atoms with Crippen LogP contribution in [0.3, 0.4) is 0 Å². The van der Waals surface area contributed by atoms with E-state index >= 15 is 0 Å². The van der Waals surface area contributed by atoms with Crippen molar-refractivity contribution in [2.75, 3.05) is 20.3 Å². The van der Waals surface area contributed by atoms with Crippen molar-refractivity contribution >= 4 is 17.5 Å². The van der Waals surface area contributed by atoms with E-state index in [1.165, 1.54) is 19.3 Å². The number of ether oxygens (including phenoxy) is 1. The average molecular weight is 300 g/mol. The van der Waals surface area contributed by atoms with E-state index in [1.807, 2.05) is 0 Å². The average Bonchev–Trinajstić information content (AvgIpc) is 2.37. The molecule has 1 amide bonds. The highest BCUT2D eigenvalue weighted by atomic mass is 35.5. The number of rotatable bonds is 6. The van der Waals surface area contributed by atoms with E-state index in [2.05, 4.69) is 5.32 Å². The van der Waals surface area contributed by atoms with Crippen LogP contribution >= 0.6 is 11.6 Å². The molecular weight excluding hydrogens is 274 g/mol. The van der Waals surface area contributed by atoms with E-state index in [1.54, 1.807) is 7.11 Å². The van der Waals surface area contributed by atoms with Gasteiger partial charge >= 0.3 is 0 Å². The Balaban J connectivity index is 1.52. The van der Waals surface area contributed by atoms with Gasteiger partial charge in [-0.3, -0.25) is 4.79 Å². The molecule has 0 heterocycles. The molecule has 4 saturated carbocycles. The van der Waals surface area contributed by atoms with E-state index < -0.39 is 0 Å². The van der Waals surface area contributed by atoms with Gasteiger partial charge in [-0.2, -0.15) is 0 Å². The number of hydrogen-bond acceptors (Lipinski definition) is 2. The second-order valence-electron chi connectivity index (χ2n) is 7.30. The molecule has 4 aliphatic rings. The number of hydrogen-bond donors (Lipinski definition) is 1. The van der Waals surface area contributed by atoms with Crippen molar-refractivity contribution < 1.29 is 9.53 Å². The smallest absolute Gasteiger partial charge is 0.226 e. The number of carbonyl (C=O) groups is 1. The predicted molar refractivity (Wildman–Crippen MR) is 79.7 cm³/mol. The van der Waals surface area contributed by atoms with Crippen LogP contribution in [0.15, 0.2) is 0 Å². The summed E-state index contributed by atoms with van der Waals surface area (Å²) in [5.74, 6) is 2.77. The number of carbonyl (C=O) groups excluding carboxylic acids is 1. The zero-order valence-corrected chi connectivity index (χ0v) is 13.1. The second kappa shape index (κ2) is 5.84. The van der Waals surface area contributed by atoms with Gasteiger partial charge in [0, 0.05) is 19.1 Å². The van der Waals surface area contributed by atoms with Gasteiger partial charge in [0.15, 0.2) is 0 Å². The van der Waals surface area contributed by atoms with Crippen LogP contribution in [-0.2, 0) is 9.53 Å². The first kappa shape index (κ1) is 14.6. The normalized spacial score (nSPS) is 39.8. The van der Waals surface area contributed by atoms with Crippen molar-refractivity contribution in [2.24, 2.45) is 23.2 Å². The molecule has 114 valence electrons. The fourth-order valence-corrected chi connectivity index (χ4v) is 5.42. The Morgan fingerprint density at radius 3 is 2.30 bits per heavy atom. The van der Waals surface area contributed by atoms with Crippen molar-refractivity contribution in [3.8, 4) is 0 Å². The summed E-state index contributed by atoms with van der Waals surface area (Å²) in [7, 11) is 1.66.